The molecule has 0 aromatic carbocycles. The number of aromatic nitrogens is 2. The number of hydrogen-bond donors (Lipinski definition) is 1. The van der Waals surface area contributed by atoms with Gasteiger partial charge in [-0.15, -0.1) is 13.2 Å². The van der Waals surface area contributed by atoms with Crippen LogP contribution >= 0.6 is 11.6 Å². The van der Waals surface area contributed by atoms with Gasteiger partial charge in [-0.1, -0.05) is 23.8 Å². The van der Waals surface area contributed by atoms with E-state index in [4.69, 9.17) is 11.6 Å². The molecule has 0 bridgehead atoms. The summed E-state index contributed by atoms with van der Waals surface area (Å²) in [7, 11) is 0. The molecule has 86 valence electrons. The summed E-state index contributed by atoms with van der Waals surface area (Å²) in [6.07, 6.45) is 4.82. The molecule has 0 aliphatic rings. The van der Waals surface area contributed by atoms with Gasteiger partial charge >= 0.3 is 0 Å². The van der Waals surface area contributed by atoms with Crippen molar-refractivity contribution in [3.05, 3.63) is 46.9 Å². The zero-order valence-corrected chi connectivity index (χ0v) is 9.87. The lowest BCUT2D eigenvalue weighted by Gasteiger charge is -2.12. The van der Waals surface area contributed by atoms with E-state index in [1.165, 1.54) is 10.9 Å². The number of nitrogens with one attached hydrogen (secondary N) is 1. The second-order valence-electron chi connectivity index (χ2n) is 3.32. The average Bonchev–Trinajstić information content (AvgIpc) is 2.28. The molecule has 4 nitrogen and oxygen atoms in total. The van der Waals surface area contributed by atoms with Gasteiger partial charge < -0.3 is 5.32 Å². The van der Waals surface area contributed by atoms with Gasteiger partial charge in [-0.05, 0) is 6.92 Å². The van der Waals surface area contributed by atoms with Gasteiger partial charge in [-0.2, -0.15) is 5.10 Å². The Morgan fingerprint density at radius 2 is 2.38 bits per heavy atom. The highest BCUT2D eigenvalue weighted by molar-refractivity contribution is 6.32. The van der Waals surface area contributed by atoms with Crippen molar-refractivity contribution in [2.45, 2.75) is 19.5 Å². The van der Waals surface area contributed by atoms with Crippen molar-refractivity contribution in [3.8, 4) is 0 Å². The van der Waals surface area contributed by atoms with Gasteiger partial charge in [0.1, 0.15) is 5.02 Å². The fourth-order valence-electron chi connectivity index (χ4n) is 1.12. The molecule has 0 aliphatic heterocycles. The van der Waals surface area contributed by atoms with Crippen molar-refractivity contribution >= 4 is 17.3 Å². The van der Waals surface area contributed by atoms with Crippen LogP contribution in [0.3, 0.4) is 0 Å². The van der Waals surface area contributed by atoms with Gasteiger partial charge in [-0.25, -0.2) is 4.68 Å². The van der Waals surface area contributed by atoms with E-state index in [9.17, 15) is 4.79 Å². The van der Waals surface area contributed by atoms with Gasteiger partial charge in [0.05, 0.1) is 18.4 Å². The first-order valence-electron chi connectivity index (χ1n) is 4.85. The molecule has 0 saturated carbocycles. The Morgan fingerprint density at radius 3 is 2.94 bits per heavy atom. The Bertz CT molecular complexity index is 453. The number of nitrogens with zero attached hydrogens (tertiary/aromatic N) is 2. The van der Waals surface area contributed by atoms with E-state index in [-0.39, 0.29) is 16.6 Å². The van der Waals surface area contributed by atoms with E-state index >= 15 is 0 Å². The van der Waals surface area contributed by atoms with E-state index in [0.29, 0.717) is 12.2 Å². The smallest absolute Gasteiger partial charge is 0.287 e. The van der Waals surface area contributed by atoms with Crippen LogP contribution in [0.2, 0.25) is 5.02 Å². The molecule has 1 aromatic rings. The molecule has 0 saturated heterocycles. The van der Waals surface area contributed by atoms with E-state index in [2.05, 4.69) is 23.6 Å². The summed E-state index contributed by atoms with van der Waals surface area (Å²) in [4.78, 5) is 11.7. The van der Waals surface area contributed by atoms with Gasteiger partial charge in [-0.3, -0.25) is 4.79 Å². The lowest BCUT2D eigenvalue weighted by Crippen LogP contribution is -2.24. The first-order chi connectivity index (χ1) is 7.60. The fourth-order valence-corrected chi connectivity index (χ4v) is 1.32. The molecular weight excluding hydrogens is 226 g/mol. The summed E-state index contributed by atoms with van der Waals surface area (Å²) < 4.78 is 1.25. The van der Waals surface area contributed by atoms with Crippen molar-refractivity contribution in [3.63, 3.8) is 0 Å². The monoisotopic (exact) mass is 239 g/mol. The minimum absolute atomic E-state index is 0.0222. The van der Waals surface area contributed by atoms with Crippen molar-refractivity contribution in [1.29, 1.82) is 0 Å². The highest BCUT2D eigenvalue weighted by Gasteiger charge is 2.09. The fraction of sp³-hybridized carbons (Fsp3) is 0.273. The van der Waals surface area contributed by atoms with Gasteiger partial charge in [0.15, 0.2) is 0 Å². The average molecular weight is 240 g/mol. The van der Waals surface area contributed by atoms with Crippen molar-refractivity contribution in [1.82, 2.24) is 9.78 Å². The SMILES string of the molecule is C=CCn1ncc(NC(C)C=C)c(Cl)c1=O. The molecule has 0 fully saturated rings. The third-order valence-electron chi connectivity index (χ3n) is 2.02. The number of halogens is 1. The molecule has 0 amide bonds. The first kappa shape index (κ1) is 12.5. The zero-order valence-electron chi connectivity index (χ0n) is 9.11. The van der Waals surface area contributed by atoms with Gasteiger partial charge in [0, 0.05) is 6.04 Å². The maximum atomic E-state index is 11.7. The summed E-state index contributed by atoms with van der Waals surface area (Å²) >= 11 is 5.93. The van der Waals surface area contributed by atoms with Crippen LogP contribution in [0.25, 0.3) is 0 Å². The van der Waals surface area contributed by atoms with Crippen LogP contribution in [-0.2, 0) is 6.54 Å². The minimum atomic E-state index is -0.331. The first-order valence-corrected chi connectivity index (χ1v) is 5.23. The minimum Gasteiger partial charge on any atom is -0.376 e. The number of hydrogen-bond acceptors (Lipinski definition) is 3. The lowest BCUT2D eigenvalue weighted by molar-refractivity contribution is 0.652. The number of allylic oxidation sites excluding steroid dienone is 1. The second kappa shape index (κ2) is 5.51. The summed E-state index contributed by atoms with van der Waals surface area (Å²) in [6, 6.07) is 0.0222. The molecule has 1 atom stereocenters. The molecule has 0 radical (unpaired) electrons. The van der Waals surface area contributed by atoms with E-state index in [1.807, 2.05) is 6.92 Å². The molecule has 1 aromatic heterocycles. The molecule has 1 N–H and O–H groups in total. The second-order valence-corrected chi connectivity index (χ2v) is 3.69. The molecular formula is C11H14ClN3O. The quantitative estimate of drug-likeness (QED) is 0.801. The summed E-state index contributed by atoms with van der Waals surface area (Å²) in [6.45, 7) is 9.42. The Hall–Kier alpha value is -1.55. The standard InChI is InChI=1S/C11H14ClN3O/c1-4-6-15-11(16)10(12)9(7-13-15)14-8(3)5-2/h4-5,7-8,14H,1-2,6H2,3H3. The molecule has 0 aliphatic carbocycles. The van der Waals surface area contributed by atoms with Crippen LogP contribution in [-0.4, -0.2) is 15.8 Å². The van der Waals surface area contributed by atoms with Crippen molar-refractivity contribution < 1.29 is 0 Å². The third-order valence-corrected chi connectivity index (χ3v) is 2.39. The van der Waals surface area contributed by atoms with Crippen molar-refractivity contribution in [2.75, 3.05) is 5.32 Å². The predicted molar refractivity (Wildman–Crippen MR) is 67.0 cm³/mol. The van der Waals surface area contributed by atoms with Crippen LogP contribution in [0.15, 0.2) is 36.3 Å². The highest BCUT2D eigenvalue weighted by Crippen LogP contribution is 2.16. The van der Waals surface area contributed by atoms with Crippen molar-refractivity contribution in [2.24, 2.45) is 0 Å². The summed E-state index contributed by atoms with van der Waals surface area (Å²) in [5.74, 6) is 0. The topological polar surface area (TPSA) is 46.9 Å². The van der Waals surface area contributed by atoms with Gasteiger partial charge in [0.25, 0.3) is 5.56 Å². The van der Waals surface area contributed by atoms with E-state index < -0.39 is 0 Å². The third kappa shape index (κ3) is 2.73. The largest absolute Gasteiger partial charge is 0.376 e. The van der Waals surface area contributed by atoms with E-state index in [0.717, 1.165) is 0 Å². The number of rotatable bonds is 5. The van der Waals surface area contributed by atoms with Crippen LogP contribution in [0.5, 0.6) is 0 Å². The number of anilines is 1. The Labute approximate surface area is 99.2 Å². The van der Waals surface area contributed by atoms with Crippen LogP contribution in [0.1, 0.15) is 6.92 Å². The highest BCUT2D eigenvalue weighted by atomic mass is 35.5. The summed E-state index contributed by atoms with van der Waals surface area (Å²) in [5.41, 5.74) is 0.183. The van der Waals surface area contributed by atoms with E-state index in [1.54, 1.807) is 12.2 Å². The Kier molecular flexibility index (Phi) is 4.31. The molecule has 5 heteroatoms. The van der Waals surface area contributed by atoms with Crippen LogP contribution in [0, 0.1) is 0 Å². The normalized spacial score (nSPS) is 11.9. The Balaban J connectivity index is 3.06. The Morgan fingerprint density at radius 1 is 1.69 bits per heavy atom. The van der Waals surface area contributed by atoms with Crippen LogP contribution < -0.4 is 10.9 Å². The molecule has 1 unspecified atom stereocenters. The molecule has 16 heavy (non-hydrogen) atoms. The molecule has 1 rings (SSSR count). The molecule has 0 spiro atoms. The zero-order chi connectivity index (χ0) is 12.1. The maximum absolute atomic E-state index is 11.7. The maximum Gasteiger partial charge on any atom is 0.287 e. The summed E-state index contributed by atoms with van der Waals surface area (Å²) in [5, 5.41) is 7.12. The van der Waals surface area contributed by atoms with Gasteiger partial charge in [0.2, 0.25) is 0 Å². The van der Waals surface area contributed by atoms with Crippen LogP contribution in [0.4, 0.5) is 5.69 Å². The molecule has 1 heterocycles. The lowest BCUT2D eigenvalue weighted by atomic mass is 10.3. The predicted octanol–water partition coefficient (Wildman–Crippen LogP) is 2.07.